The van der Waals surface area contributed by atoms with Gasteiger partial charge in [-0.05, 0) is 73.0 Å². The predicted molar refractivity (Wildman–Crippen MR) is 80.1 cm³/mol. The molecular weight excluding hydrogens is 304 g/mol. The lowest BCUT2D eigenvalue weighted by molar-refractivity contribution is -0.175. The molecule has 0 radical (unpaired) electrons. The maximum Gasteiger partial charge on any atom is 0.309 e. The maximum absolute atomic E-state index is 13.0. The first kappa shape index (κ1) is 12.3. The standard InChI is InChI=1S/C20H22O4/c21-19-17-11-5-1-3-7-9(5)13-15(11)16-12(18(13)20(22)23-7)6-2-4-8(24-19)10(6)14(16)17/h5-18H,1-4H2/t5-,6-,7-,8+,9+,10-,11+,12-,13+,14-,15+,16+,17-,18+/m1/s1. The van der Waals surface area contributed by atoms with Crippen LogP contribution in [0.2, 0.25) is 0 Å². The highest BCUT2D eigenvalue weighted by molar-refractivity contribution is 5.79. The molecule has 4 nitrogen and oxygen atoms in total. The van der Waals surface area contributed by atoms with Gasteiger partial charge in [-0.3, -0.25) is 9.59 Å². The summed E-state index contributed by atoms with van der Waals surface area (Å²) >= 11 is 0. The molecule has 4 heteroatoms. The zero-order valence-electron chi connectivity index (χ0n) is 13.5. The van der Waals surface area contributed by atoms with Crippen molar-refractivity contribution in [2.24, 2.45) is 71.0 Å². The number of rotatable bonds is 0. The molecule has 2 heterocycles. The topological polar surface area (TPSA) is 52.6 Å². The second kappa shape index (κ2) is 3.43. The Morgan fingerprint density at radius 3 is 1.46 bits per heavy atom. The number of fused-ring (bicyclic) bond motifs is 4. The predicted octanol–water partition coefficient (Wildman–Crippen LogP) is 1.87. The molecule has 0 amide bonds. The Hall–Kier alpha value is -1.06. The van der Waals surface area contributed by atoms with Gasteiger partial charge in [0, 0.05) is 11.8 Å². The highest BCUT2D eigenvalue weighted by Crippen LogP contribution is 2.81. The zero-order chi connectivity index (χ0) is 15.5. The molecule has 2 saturated heterocycles. The molecule has 24 heavy (non-hydrogen) atoms. The van der Waals surface area contributed by atoms with Gasteiger partial charge in [-0.1, -0.05) is 0 Å². The highest BCUT2D eigenvalue weighted by Gasteiger charge is 2.82. The van der Waals surface area contributed by atoms with Crippen molar-refractivity contribution in [2.75, 3.05) is 0 Å². The number of esters is 2. The first-order valence-electron chi connectivity index (χ1n) is 10.2. The van der Waals surface area contributed by atoms with Crippen molar-refractivity contribution in [1.82, 2.24) is 0 Å². The third-order valence-electron chi connectivity index (χ3n) is 10.3. The van der Waals surface area contributed by atoms with E-state index in [0.717, 1.165) is 12.8 Å². The molecule has 8 rings (SSSR count). The smallest absolute Gasteiger partial charge is 0.309 e. The Balaban J connectivity index is 1.41. The Morgan fingerprint density at radius 1 is 0.542 bits per heavy atom. The van der Waals surface area contributed by atoms with Crippen LogP contribution in [-0.4, -0.2) is 24.1 Å². The van der Waals surface area contributed by atoms with Crippen LogP contribution in [0, 0.1) is 71.0 Å². The lowest BCUT2D eigenvalue weighted by atomic mass is 9.70. The van der Waals surface area contributed by atoms with E-state index in [1.807, 2.05) is 0 Å². The molecule has 6 saturated carbocycles. The van der Waals surface area contributed by atoms with E-state index in [-0.39, 0.29) is 36.0 Å². The Labute approximate surface area is 140 Å². The van der Waals surface area contributed by atoms with Crippen molar-refractivity contribution in [3.05, 3.63) is 0 Å². The number of hydrogen-bond acceptors (Lipinski definition) is 4. The minimum Gasteiger partial charge on any atom is -0.462 e. The van der Waals surface area contributed by atoms with E-state index >= 15 is 0 Å². The third kappa shape index (κ3) is 0.964. The molecule has 2 aliphatic heterocycles. The van der Waals surface area contributed by atoms with Gasteiger partial charge in [0.1, 0.15) is 12.2 Å². The lowest BCUT2D eigenvalue weighted by Gasteiger charge is -2.40. The molecule has 0 aromatic carbocycles. The summed E-state index contributed by atoms with van der Waals surface area (Å²) < 4.78 is 12.0. The lowest BCUT2D eigenvalue weighted by Crippen LogP contribution is -2.46. The fourth-order valence-electron chi connectivity index (χ4n) is 10.5. The van der Waals surface area contributed by atoms with Crippen LogP contribution in [0.3, 0.4) is 0 Å². The zero-order valence-corrected chi connectivity index (χ0v) is 13.5. The molecule has 0 aromatic heterocycles. The highest BCUT2D eigenvalue weighted by atomic mass is 16.6. The van der Waals surface area contributed by atoms with Crippen LogP contribution in [0.4, 0.5) is 0 Å². The molecule has 14 atom stereocenters. The molecular formula is C20H22O4. The van der Waals surface area contributed by atoms with E-state index in [2.05, 4.69) is 0 Å². The summed E-state index contributed by atoms with van der Waals surface area (Å²) in [6.07, 6.45) is 4.73. The summed E-state index contributed by atoms with van der Waals surface area (Å²) in [5.74, 6) is 6.37. The molecule has 0 bridgehead atoms. The van der Waals surface area contributed by atoms with Crippen molar-refractivity contribution < 1.29 is 19.1 Å². The van der Waals surface area contributed by atoms with Crippen LogP contribution in [0.1, 0.15) is 25.7 Å². The number of carbonyl (C=O) groups is 2. The van der Waals surface area contributed by atoms with Crippen LogP contribution >= 0.6 is 0 Å². The normalized spacial score (nSPS) is 71.5. The molecule has 8 aliphatic rings. The van der Waals surface area contributed by atoms with Gasteiger partial charge < -0.3 is 9.47 Å². The van der Waals surface area contributed by atoms with Gasteiger partial charge in [-0.15, -0.1) is 0 Å². The van der Waals surface area contributed by atoms with E-state index in [1.54, 1.807) is 0 Å². The van der Waals surface area contributed by atoms with Gasteiger partial charge in [-0.2, -0.15) is 0 Å². The van der Waals surface area contributed by atoms with Crippen molar-refractivity contribution in [2.45, 2.75) is 37.9 Å². The van der Waals surface area contributed by atoms with E-state index < -0.39 is 0 Å². The largest absolute Gasteiger partial charge is 0.462 e. The van der Waals surface area contributed by atoms with Gasteiger partial charge in [0.2, 0.25) is 0 Å². The van der Waals surface area contributed by atoms with Crippen molar-refractivity contribution in [3.63, 3.8) is 0 Å². The van der Waals surface area contributed by atoms with E-state index in [9.17, 15) is 9.59 Å². The van der Waals surface area contributed by atoms with Gasteiger partial charge >= 0.3 is 11.9 Å². The van der Waals surface area contributed by atoms with Crippen LogP contribution in [0.25, 0.3) is 0 Å². The van der Waals surface area contributed by atoms with Crippen LogP contribution < -0.4 is 0 Å². The monoisotopic (exact) mass is 326 g/mol. The molecule has 0 unspecified atom stereocenters. The average Bonchev–Trinajstić information content (AvgIpc) is 3.29. The van der Waals surface area contributed by atoms with Gasteiger partial charge in [0.15, 0.2) is 0 Å². The van der Waals surface area contributed by atoms with Crippen molar-refractivity contribution >= 4 is 11.9 Å². The quantitative estimate of drug-likeness (QED) is 0.638. The third-order valence-corrected chi connectivity index (χ3v) is 10.3. The Bertz CT molecular complexity index is 656. The summed E-state index contributed by atoms with van der Waals surface area (Å²) in [5, 5.41) is 0. The van der Waals surface area contributed by atoms with Crippen molar-refractivity contribution in [1.29, 1.82) is 0 Å². The first-order valence-corrected chi connectivity index (χ1v) is 10.2. The van der Waals surface area contributed by atoms with Crippen LogP contribution in [0.5, 0.6) is 0 Å². The van der Waals surface area contributed by atoms with E-state index in [1.165, 1.54) is 12.8 Å². The van der Waals surface area contributed by atoms with Crippen molar-refractivity contribution in [3.8, 4) is 0 Å². The fraction of sp³-hybridized carbons (Fsp3) is 0.900. The molecule has 6 aliphatic carbocycles. The minimum atomic E-state index is 0.132. The van der Waals surface area contributed by atoms with Gasteiger partial charge in [0.05, 0.1) is 11.8 Å². The molecule has 0 spiro atoms. The summed E-state index contributed by atoms with van der Waals surface area (Å²) in [7, 11) is 0. The van der Waals surface area contributed by atoms with E-state index in [0.29, 0.717) is 59.2 Å². The molecule has 0 aromatic rings. The van der Waals surface area contributed by atoms with E-state index in [4.69, 9.17) is 9.47 Å². The second-order valence-corrected chi connectivity index (χ2v) is 10.1. The maximum atomic E-state index is 13.0. The molecule has 8 fully saturated rings. The SMILES string of the molecule is O=C1O[C@@H]2CC[C@H]3[C@@H]4[C@H]5C(=O)O[C@H]6CC[C@H]7[C@H]8[C@H]1[C@H]([C@H]4[C@@H]8[C@H]5[C@H]76)[C@@H]32. The van der Waals surface area contributed by atoms with Crippen LogP contribution in [0.15, 0.2) is 0 Å². The summed E-state index contributed by atoms with van der Waals surface area (Å²) in [4.78, 5) is 25.9. The van der Waals surface area contributed by atoms with Gasteiger partial charge in [-0.25, -0.2) is 0 Å². The first-order chi connectivity index (χ1) is 11.8. The fourth-order valence-corrected chi connectivity index (χ4v) is 10.5. The summed E-state index contributed by atoms with van der Waals surface area (Å²) in [5.41, 5.74) is 0. The Kier molecular flexibility index (Phi) is 1.76. The number of hydrogen-bond donors (Lipinski definition) is 0. The summed E-state index contributed by atoms with van der Waals surface area (Å²) in [6, 6.07) is 0. The van der Waals surface area contributed by atoms with Gasteiger partial charge in [0.25, 0.3) is 0 Å². The second-order valence-electron chi connectivity index (χ2n) is 10.1. The minimum absolute atomic E-state index is 0.132. The number of carbonyl (C=O) groups excluding carboxylic acids is 2. The molecule has 0 N–H and O–H groups in total. The Morgan fingerprint density at radius 2 is 1.00 bits per heavy atom. The molecule has 126 valence electrons. The number of ether oxygens (including phenoxy) is 2. The summed E-state index contributed by atoms with van der Waals surface area (Å²) in [6.45, 7) is 0. The van der Waals surface area contributed by atoms with Crippen LogP contribution in [-0.2, 0) is 19.1 Å². The average molecular weight is 326 g/mol.